The molecule has 3 rings (SSSR count). The van der Waals surface area contributed by atoms with Crippen molar-refractivity contribution in [2.75, 3.05) is 0 Å². The number of aryl methyl sites for hydroxylation is 1. The number of hydrogen-bond donors (Lipinski definition) is 0. The largest absolute Gasteiger partial charge is 0.473 e. The van der Waals surface area contributed by atoms with Crippen LogP contribution in [-0.4, -0.2) is 14.9 Å². The second kappa shape index (κ2) is 48.2. The molecule has 0 amide bonds. The summed E-state index contributed by atoms with van der Waals surface area (Å²) in [6.07, 6.45) is 9.99. The Balaban J connectivity index is -0.0000000667. The van der Waals surface area contributed by atoms with Crippen molar-refractivity contribution in [3.05, 3.63) is 61.6 Å². The van der Waals surface area contributed by atoms with E-state index < -0.39 is 0 Å². The molecule has 5 nitrogen and oxygen atoms in total. The van der Waals surface area contributed by atoms with Crippen LogP contribution in [0.5, 0.6) is 0 Å². The number of furan rings is 1. The minimum absolute atomic E-state index is 0.833. The molecule has 34 heavy (non-hydrogen) atoms. The molecule has 0 aliphatic rings. The van der Waals surface area contributed by atoms with E-state index in [9.17, 15) is 0 Å². The third-order valence-corrected chi connectivity index (χ3v) is 1.41. The van der Waals surface area contributed by atoms with Crippen LogP contribution >= 0.6 is 0 Å². The topological polar surface area (TPSA) is 57.0 Å². The Kier molecular flexibility index (Phi) is 64.1. The molecule has 0 fully saturated rings. The van der Waals surface area contributed by atoms with Crippen LogP contribution in [-0.2, 0) is 7.05 Å². The molecule has 0 bridgehead atoms. The summed E-state index contributed by atoms with van der Waals surface area (Å²) in [5, 5.41) is 7.18. The van der Waals surface area contributed by atoms with Crippen molar-refractivity contribution in [1.82, 2.24) is 14.9 Å². The molecule has 0 aliphatic heterocycles. The molecule has 3 aromatic heterocycles. The van der Waals surface area contributed by atoms with Gasteiger partial charge in [0.15, 0.2) is 0 Å². The Labute approximate surface area is 214 Å². The third kappa shape index (κ3) is 113. The smallest absolute Gasteiger partial charge is 0.123 e. The second-order valence-electron chi connectivity index (χ2n) is 7.86. The van der Waals surface area contributed by atoms with E-state index in [0.717, 1.165) is 17.8 Å². The standard InChI is InChI=1S/C4H6N2.C4H4O.3C4H10.C3H3NO.3C2H6/c1-6-4-2-3-5-6;1-2-4-5-3-1;3*1-4(2)3;1-2-4-5-3-1;3*1-2/h2-4H,1H3;1-4H;3*4H,1-3H3;1-3H;3*1-2H3. The summed E-state index contributed by atoms with van der Waals surface area (Å²) in [4.78, 5) is 0. The maximum Gasteiger partial charge on any atom is 0.123 e. The van der Waals surface area contributed by atoms with Gasteiger partial charge in [0.05, 0.1) is 18.7 Å². The van der Waals surface area contributed by atoms with Gasteiger partial charge in [0.2, 0.25) is 0 Å². The lowest BCUT2D eigenvalue weighted by molar-refractivity contribution is 0.420. The fraction of sp³-hybridized carbons (Fsp3) is 0.655. The zero-order valence-electron chi connectivity index (χ0n) is 25.7. The molecule has 3 aromatic rings. The average molecular weight is 484 g/mol. The Bertz CT molecular complexity index is 447. The highest BCUT2D eigenvalue weighted by atomic mass is 16.5. The van der Waals surface area contributed by atoms with E-state index in [2.05, 4.69) is 81.5 Å². The Morgan fingerprint density at radius 1 is 0.559 bits per heavy atom. The Morgan fingerprint density at radius 3 is 1.03 bits per heavy atom. The summed E-state index contributed by atoms with van der Waals surface area (Å²) < 4.78 is 10.7. The molecule has 0 saturated heterocycles. The molecular formula is C29H61N3O2. The minimum Gasteiger partial charge on any atom is -0.473 e. The summed E-state index contributed by atoms with van der Waals surface area (Å²) in [7, 11) is 1.89. The number of nitrogens with zero attached hydrogens (tertiary/aromatic N) is 3. The monoisotopic (exact) mass is 483 g/mol. The summed E-state index contributed by atoms with van der Waals surface area (Å²) >= 11 is 0. The average Bonchev–Trinajstić information content (AvgIpc) is 3.57. The first-order valence-electron chi connectivity index (χ1n) is 12.8. The first-order valence-corrected chi connectivity index (χ1v) is 12.8. The van der Waals surface area contributed by atoms with Crippen LogP contribution in [0.2, 0.25) is 0 Å². The number of hydrogen-bond acceptors (Lipinski definition) is 4. The molecule has 0 N–H and O–H groups in total. The first kappa shape index (κ1) is 45.2. The lowest BCUT2D eigenvalue weighted by Gasteiger charge is -1.79. The van der Waals surface area contributed by atoms with Gasteiger partial charge in [-0.3, -0.25) is 4.68 Å². The van der Waals surface area contributed by atoms with Crippen LogP contribution < -0.4 is 0 Å². The van der Waals surface area contributed by atoms with Crippen molar-refractivity contribution in [3.63, 3.8) is 0 Å². The van der Waals surface area contributed by atoms with Crippen LogP contribution in [0.3, 0.4) is 0 Å². The first-order chi connectivity index (χ1) is 16.1. The molecule has 204 valence electrons. The van der Waals surface area contributed by atoms with Gasteiger partial charge >= 0.3 is 0 Å². The van der Waals surface area contributed by atoms with E-state index in [4.69, 9.17) is 0 Å². The quantitative estimate of drug-likeness (QED) is 0.319. The van der Waals surface area contributed by atoms with Gasteiger partial charge in [0, 0.05) is 19.4 Å². The van der Waals surface area contributed by atoms with E-state index in [1.54, 1.807) is 35.7 Å². The molecule has 0 unspecified atom stereocenters. The normalized spacial score (nSPS) is 7.62. The number of aromatic nitrogens is 3. The molecule has 0 aromatic carbocycles. The maximum absolute atomic E-state index is 4.58. The van der Waals surface area contributed by atoms with Crippen LogP contribution in [0.25, 0.3) is 0 Å². The molecule has 0 atom stereocenters. The molecule has 0 saturated carbocycles. The minimum atomic E-state index is 0.833. The Morgan fingerprint density at radius 2 is 0.941 bits per heavy atom. The van der Waals surface area contributed by atoms with E-state index in [1.165, 1.54) is 6.26 Å². The van der Waals surface area contributed by atoms with Crippen molar-refractivity contribution in [2.24, 2.45) is 24.8 Å². The van der Waals surface area contributed by atoms with Crippen molar-refractivity contribution < 1.29 is 8.94 Å². The SMILES string of the molecule is CC.CC.CC.CC(C)C.CC(C)C.CC(C)C.Cn1cccn1.c1ccoc1.c1cnoc1. The summed E-state index contributed by atoms with van der Waals surface area (Å²) in [5.41, 5.74) is 0. The lowest BCUT2D eigenvalue weighted by atomic mass is 10.3. The lowest BCUT2D eigenvalue weighted by Crippen LogP contribution is -1.83. The zero-order chi connectivity index (χ0) is 28.2. The highest BCUT2D eigenvalue weighted by molar-refractivity contribution is 4.79. The van der Waals surface area contributed by atoms with E-state index in [0.29, 0.717) is 0 Å². The molecule has 0 radical (unpaired) electrons. The molecule has 5 heteroatoms. The summed E-state index contributed by atoms with van der Waals surface area (Å²) in [5.74, 6) is 2.50. The zero-order valence-corrected chi connectivity index (χ0v) is 25.7. The van der Waals surface area contributed by atoms with Crippen LogP contribution in [0, 0.1) is 17.8 Å². The van der Waals surface area contributed by atoms with Crippen LogP contribution in [0.1, 0.15) is 104 Å². The van der Waals surface area contributed by atoms with Crippen molar-refractivity contribution in [3.8, 4) is 0 Å². The van der Waals surface area contributed by atoms with Gasteiger partial charge < -0.3 is 8.94 Å². The fourth-order valence-corrected chi connectivity index (χ4v) is 0.748. The van der Waals surface area contributed by atoms with E-state index in [-0.39, 0.29) is 0 Å². The van der Waals surface area contributed by atoms with Gasteiger partial charge in [-0.15, -0.1) is 0 Å². The number of rotatable bonds is 0. The second-order valence-corrected chi connectivity index (χ2v) is 7.86. The predicted molar refractivity (Wildman–Crippen MR) is 154 cm³/mol. The molecule has 0 spiro atoms. The summed E-state index contributed by atoms with van der Waals surface area (Å²) in [6, 6.07) is 7.28. The van der Waals surface area contributed by atoms with Crippen LogP contribution in [0.15, 0.2) is 70.6 Å². The maximum atomic E-state index is 4.58. The van der Waals surface area contributed by atoms with Gasteiger partial charge in [0.25, 0.3) is 0 Å². The highest BCUT2D eigenvalue weighted by Gasteiger charge is 1.70. The Hall–Kier alpha value is -2.30. The van der Waals surface area contributed by atoms with Crippen molar-refractivity contribution >= 4 is 0 Å². The summed E-state index contributed by atoms with van der Waals surface area (Å²) in [6.45, 7) is 31.5. The van der Waals surface area contributed by atoms with Gasteiger partial charge in [0.1, 0.15) is 6.26 Å². The third-order valence-electron chi connectivity index (χ3n) is 1.41. The molecular weight excluding hydrogens is 422 g/mol. The molecule has 3 heterocycles. The fourth-order valence-electron chi connectivity index (χ4n) is 0.748. The van der Waals surface area contributed by atoms with Crippen LogP contribution in [0.4, 0.5) is 0 Å². The van der Waals surface area contributed by atoms with Gasteiger partial charge in [-0.1, -0.05) is 109 Å². The van der Waals surface area contributed by atoms with Gasteiger partial charge in [-0.2, -0.15) is 5.10 Å². The molecule has 0 aliphatic carbocycles. The van der Waals surface area contributed by atoms with Gasteiger partial charge in [-0.05, 0) is 42.0 Å². The van der Waals surface area contributed by atoms with E-state index in [1.807, 2.05) is 73.0 Å². The predicted octanol–water partition coefficient (Wildman–Crippen LogP) is 10.4. The van der Waals surface area contributed by atoms with Crippen molar-refractivity contribution in [1.29, 1.82) is 0 Å². The van der Waals surface area contributed by atoms with E-state index >= 15 is 0 Å². The van der Waals surface area contributed by atoms with Gasteiger partial charge in [-0.25, -0.2) is 0 Å². The van der Waals surface area contributed by atoms with Crippen molar-refractivity contribution in [2.45, 2.75) is 104 Å². The highest BCUT2D eigenvalue weighted by Crippen LogP contribution is 1.82.